The van der Waals surface area contributed by atoms with Gasteiger partial charge in [-0.2, -0.15) is 0 Å². The number of carbonyl (C=O) groups excluding carboxylic acids is 4. The van der Waals surface area contributed by atoms with Crippen molar-refractivity contribution in [1.82, 2.24) is 10.2 Å². The Kier molecular flexibility index (Phi) is 5.30. The first-order valence-electron chi connectivity index (χ1n) is 8.81. The van der Waals surface area contributed by atoms with E-state index in [1.54, 1.807) is 0 Å². The Balaban J connectivity index is 1.63. The maximum Gasteiger partial charge on any atom is 0.240 e. The van der Waals surface area contributed by atoms with Gasteiger partial charge in [-0.05, 0) is 31.7 Å². The van der Waals surface area contributed by atoms with Crippen LogP contribution in [0.1, 0.15) is 25.3 Å². The van der Waals surface area contributed by atoms with Crippen molar-refractivity contribution in [2.75, 3.05) is 6.54 Å². The molecule has 1 aromatic carbocycles. The molecule has 1 heterocycles. The van der Waals surface area contributed by atoms with Crippen molar-refractivity contribution in [3.8, 4) is 0 Å². The molecule has 26 heavy (non-hydrogen) atoms. The van der Waals surface area contributed by atoms with Crippen LogP contribution in [0.15, 0.2) is 42.5 Å². The molecule has 0 spiro atoms. The van der Waals surface area contributed by atoms with E-state index in [0.717, 1.165) is 10.5 Å². The fourth-order valence-corrected chi connectivity index (χ4v) is 3.55. The van der Waals surface area contributed by atoms with Crippen LogP contribution in [0, 0.1) is 11.8 Å². The summed E-state index contributed by atoms with van der Waals surface area (Å²) in [6.07, 6.45) is 5.26. The van der Waals surface area contributed by atoms with Crippen molar-refractivity contribution in [1.29, 1.82) is 0 Å². The zero-order valence-electron chi connectivity index (χ0n) is 14.7. The van der Waals surface area contributed by atoms with E-state index >= 15 is 0 Å². The van der Waals surface area contributed by atoms with Crippen LogP contribution in [0.3, 0.4) is 0 Å². The lowest BCUT2D eigenvalue weighted by molar-refractivity contribution is -0.143. The van der Waals surface area contributed by atoms with E-state index in [4.69, 9.17) is 0 Å². The molecule has 0 saturated carbocycles. The van der Waals surface area contributed by atoms with Gasteiger partial charge >= 0.3 is 0 Å². The molecule has 0 unspecified atom stereocenters. The number of imide groups is 1. The van der Waals surface area contributed by atoms with Crippen molar-refractivity contribution in [3.63, 3.8) is 0 Å². The first kappa shape index (κ1) is 18.0. The molecule has 1 saturated heterocycles. The SMILES string of the molecule is CC(=O)[C@@H](Cc1ccccc1)NC(=O)CN1C(=O)[C@H]2CC=CC[C@@H]2C1=O. The Morgan fingerprint density at radius 2 is 1.65 bits per heavy atom. The van der Waals surface area contributed by atoms with Crippen molar-refractivity contribution < 1.29 is 19.2 Å². The van der Waals surface area contributed by atoms with E-state index in [-0.39, 0.29) is 36.0 Å². The number of nitrogens with one attached hydrogen (secondary N) is 1. The Morgan fingerprint density at radius 3 is 2.19 bits per heavy atom. The van der Waals surface area contributed by atoms with Gasteiger partial charge in [0.25, 0.3) is 0 Å². The second-order valence-electron chi connectivity index (χ2n) is 6.84. The number of hydrogen-bond donors (Lipinski definition) is 1. The number of rotatable bonds is 6. The third kappa shape index (κ3) is 3.74. The van der Waals surface area contributed by atoms with Gasteiger partial charge in [0.05, 0.1) is 17.9 Å². The predicted octanol–water partition coefficient (Wildman–Crippen LogP) is 1.25. The molecule has 6 nitrogen and oxygen atoms in total. The van der Waals surface area contributed by atoms with Crippen LogP contribution in [0.25, 0.3) is 0 Å². The number of ketones is 1. The fraction of sp³-hybridized carbons (Fsp3) is 0.400. The highest BCUT2D eigenvalue weighted by Crippen LogP contribution is 2.34. The molecule has 2 aliphatic rings. The summed E-state index contributed by atoms with van der Waals surface area (Å²) >= 11 is 0. The number of nitrogens with zero attached hydrogens (tertiary/aromatic N) is 1. The molecule has 3 atom stereocenters. The third-order valence-corrected chi connectivity index (χ3v) is 5.01. The lowest BCUT2D eigenvalue weighted by Gasteiger charge is -2.19. The van der Waals surface area contributed by atoms with E-state index in [1.165, 1.54) is 6.92 Å². The lowest BCUT2D eigenvalue weighted by Crippen LogP contribution is -2.47. The van der Waals surface area contributed by atoms with E-state index in [9.17, 15) is 19.2 Å². The number of hydrogen-bond acceptors (Lipinski definition) is 4. The van der Waals surface area contributed by atoms with Gasteiger partial charge in [-0.25, -0.2) is 0 Å². The molecular weight excluding hydrogens is 332 g/mol. The Morgan fingerprint density at radius 1 is 1.08 bits per heavy atom. The summed E-state index contributed by atoms with van der Waals surface area (Å²) < 4.78 is 0. The fourth-order valence-electron chi connectivity index (χ4n) is 3.55. The van der Waals surface area contributed by atoms with Crippen molar-refractivity contribution in [2.24, 2.45) is 11.8 Å². The number of allylic oxidation sites excluding steroid dienone is 2. The normalized spacial score (nSPS) is 22.9. The summed E-state index contributed by atoms with van der Waals surface area (Å²) in [4.78, 5) is 50.1. The number of carbonyl (C=O) groups is 4. The summed E-state index contributed by atoms with van der Waals surface area (Å²) in [5.41, 5.74) is 0.929. The molecule has 0 radical (unpaired) electrons. The molecule has 3 rings (SSSR count). The number of Topliss-reactive ketones (excluding diaryl/α,β-unsaturated/α-hetero) is 1. The summed E-state index contributed by atoms with van der Waals surface area (Å²) in [5.74, 6) is -1.95. The molecule has 0 bridgehead atoms. The molecule has 0 aromatic heterocycles. The first-order valence-corrected chi connectivity index (χ1v) is 8.81. The standard InChI is InChI=1S/C20H22N2O4/c1-13(23)17(11-14-7-3-2-4-8-14)21-18(24)12-22-19(25)15-9-5-6-10-16(15)20(22)26/h2-8,15-17H,9-12H2,1H3,(H,21,24)/t15-,16-,17+/m0/s1. The van der Waals surface area contributed by atoms with Crippen LogP contribution in [-0.2, 0) is 25.6 Å². The highest BCUT2D eigenvalue weighted by Gasteiger charge is 2.47. The van der Waals surface area contributed by atoms with Crippen LogP contribution >= 0.6 is 0 Å². The van der Waals surface area contributed by atoms with E-state index in [1.807, 2.05) is 42.5 Å². The van der Waals surface area contributed by atoms with E-state index in [2.05, 4.69) is 5.32 Å². The number of fused-ring (bicyclic) bond motifs is 1. The van der Waals surface area contributed by atoms with Crippen molar-refractivity contribution >= 4 is 23.5 Å². The Labute approximate surface area is 152 Å². The third-order valence-electron chi connectivity index (χ3n) is 5.01. The minimum atomic E-state index is -0.679. The molecule has 6 heteroatoms. The van der Waals surface area contributed by atoms with Gasteiger partial charge in [-0.15, -0.1) is 0 Å². The lowest BCUT2D eigenvalue weighted by atomic mass is 9.85. The zero-order chi connectivity index (χ0) is 18.7. The number of benzene rings is 1. The van der Waals surface area contributed by atoms with Crippen LogP contribution < -0.4 is 5.32 Å². The molecule has 136 valence electrons. The topological polar surface area (TPSA) is 83.6 Å². The second kappa shape index (κ2) is 7.64. The van der Waals surface area contributed by atoms with Crippen molar-refractivity contribution in [2.45, 2.75) is 32.2 Å². The van der Waals surface area contributed by atoms with Crippen LogP contribution in [0.5, 0.6) is 0 Å². The minimum Gasteiger partial charge on any atom is -0.344 e. The molecular formula is C20H22N2O4. The van der Waals surface area contributed by atoms with Gasteiger partial charge in [0.2, 0.25) is 17.7 Å². The second-order valence-corrected chi connectivity index (χ2v) is 6.84. The average molecular weight is 354 g/mol. The first-order chi connectivity index (χ1) is 12.5. The van der Waals surface area contributed by atoms with Crippen LogP contribution in [-0.4, -0.2) is 41.0 Å². The van der Waals surface area contributed by atoms with E-state index in [0.29, 0.717) is 19.3 Å². The quantitative estimate of drug-likeness (QED) is 0.616. The zero-order valence-corrected chi connectivity index (χ0v) is 14.7. The maximum absolute atomic E-state index is 12.4. The smallest absolute Gasteiger partial charge is 0.240 e. The molecule has 1 fully saturated rings. The van der Waals surface area contributed by atoms with Gasteiger partial charge in [0, 0.05) is 0 Å². The monoisotopic (exact) mass is 354 g/mol. The van der Waals surface area contributed by atoms with Crippen LogP contribution in [0.2, 0.25) is 0 Å². The largest absolute Gasteiger partial charge is 0.344 e. The molecule has 3 amide bonds. The summed E-state index contributed by atoms with van der Waals surface area (Å²) in [5, 5.41) is 2.66. The molecule has 1 aromatic rings. The van der Waals surface area contributed by atoms with Gasteiger partial charge < -0.3 is 5.32 Å². The Bertz CT molecular complexity index is 730. The molecule has 1 aliphatic heterocycles. The highest BCUT2D eigenvalue weighted by molar-refractivity contribution is 6.07. The predicted molar refractivity (Wildman–Crippen MR) is 94.8 cm³/mol. The molecule has 1 N–H and O–H groups in total. The maximum atomic E-state index is 12.4. The summed E-state index contributed by atoms with van der Waals surface area (Å²) in [6, 6.07) is 8.70. The molecule has 1 aliphatic carbocycles. The number of amides is 3. The van der Waals surface area contributed by atoms with Crippen LogP contribution in [0.4, 0.5) is 0 Å². The number of likely N-dealkylation sites (tertiary alicyclic amines) is 1. The Hall–Kier alpha value is -2.76. The van der Waals surface area contributed by atoms with E-state index < -0.39 is 11.9 Å². The van der Waals surface area contributed by atoms with Gasteiger partial charge in [0.1, 0.15) is 6.54 Å². The van der Waals surface area contributed by atoms with Gasteiger partial charge in [-0.3, -0.25) is 24.1 Å². The van der Waals surface area contributed by atoms with Crippen molar-refractivity contribution in [3.05, 3.63) is 48.0 Å². The van der Waals surface area contributed by atoms with Gasteiger partial charge in [-0.1, -0.05) is 42.5 Å². The summed E-state index contributed by atoms with van der Waals surface area (Å²) in [6.45, 7) is 1.09. The average Bonchev–Trinajstić information content (AvgIpc) is 2.87. The summed E-state index contributed by atoms with van der Waals surface area (Å²) in [7, 11) is 0. The van der Waals surface area contributed by atoms with Gasteiger partial charge in [0.15, 0.2) is 5.78 Å². The highest BCUT2D eigenvalue weighted by atomic mass is 16.2. The minimum absolute atomic E-state index is 0.167.